The number of carbonyl (C=O) groups is 3. The molecule has 1 aliphatic rings. The number of carboxylic acids is 1. The molecule has 0 heterocycles. The van der Waals surface area contributed by atoms with Crippen LogP contribution in [-0.4, -0.2) is 35.5 Å². The van der Waals surface area contributed by atoms with Gasteiger partial charge >= 0.3 is 5.97 Å². The van der Waals surface area contributed by atoms with Gasteiger partial charge in [0.1, 0.15) is 0 Å². The Hall–Kier alpha value is -1.59. The van der Waals surface area contributed by atoms with E-state index in [9.17, 15) is 14.4 Å². The van der Waals surface area contributed by atoms with Crippen LogP contribution in [-0.2, 0) is 14.4 Å². The molecule has 6 heteroatoms. The second-order valence-corrected chi connectivity index (χ2v) is 4.02. The summed E-state index contributed by atoms with van der Waals surface area (Å²) in [5.41, 5.74) is 0. The third-order valence-corrected chi connectivity index (χ3v) is 2.64. The third-order valence-electron chi connectivity index (χ3n) is 2.64. The SMILES string of the molecule is CC(=O)NCC(=O)NC1CCC(C(=O)O)C1. The molecule has 0 saturated heterocycles. The summed E-state index contributed by atoms with van der Waals surface area (Å²) in [7, 11) is 0. The van der Waals surface area contributed by atoms with Crippen LogP contribution >= 0.6 is 0 Å². The highest BCUT2D eigenvalue weighted by Gasteiger charge is 2.30. The zero-order valence-electron chi connectivity index (χ0n) is 9.16. The fraction of sp³-hybridized carbons (Fsp3) is 0.700. The molecule has 2 atom stereocenters. The van der Waals surface area contributed by atoms with Gasteiger partial charge in [-0.1, -0.05) is 0 Å². The van der Waals surface area contributed by atoms with Crippen LogP contribution in [0.3, 0.4) is 0 Å². The minimum Gasteiger partial charge on any atom is -0.481 e. The van der Waals surface area contributed by atoms with Crippen molar-refractivity contribution in [1.82, 2.24) is 10.6 Å². The summed E-state index contributed by atoms with van der Waals surface area (Å²) in [6.45, 7) is 1.28. The van der Waals surface area contributed by atoms with E-state index in [2.05, 4.69) is 10.6 Å². The fourth-order valence-electron chi connectivity index (χ4n) is 1.82. The van der Waals surface area contributed by atoms with Crippen LogP contribution in [0.4, 0.5) is 0 Å². The van der Waals surface area contributed by atoms with E-state index in [-0.39, 0.29) is 30.3 Å². The van der Waals surface area contributed by atoms with Crippen molar-refractivity contribution >= 4 is 17.8 Å². The smallest absolute Gasteiger partial charge is 0.306 e. The lowest BCUT2D eigenvalue weighted by Crippen LogP contribution is -2.40. The van der Waals surface area contributed by atoms with E-state index in [4.69, 9.17) is 5.11 Å². The van der Waals surface area contributed by atoms with Crippen LogP contribution in [0.1, 0.15) is 26.2 Å². The summed E-state index contributed by atoms with van der Waals surface area (Å²) in [6.07, 6.45) is 1.75. The van der Waals surface area contributed by atoms with Gasteiger partial charge in [-0.3, -0.25) is 14.4 Å². The fourth-order valence-corrected chi connectivity index (χ4v) is 1.82. The number of amides is 2. The molecular formula is C10H16N2O4. The van der Waals surface area contributed by atoms with Crippen LogP contribution in [0.5, 0.6) is 0 Å². The first-order valence-electron chi connectivity index (χ1n) is 5.25. The largest absolute Gasteiger partial charge is 0.481 e. The zero-order chi connectivity index (χ0) is 12.1. The van der Waals surface area contributed by atoms with Crippen molar-refractivity contribution in [3.8, 4) is 0 Å². The van der Waals surface area contributed by atoms with E-state index in [1.807, 2.05) is 0 Å². The van der Waals surface area contributed by atoms with Crippen LogP contribution in [0, 0.1) is 5.92 Å². The normalized spacial score (nSPS) is 23.8. The summed E-state index contributed by atoms with van der Waals surface area (Å²) in [4.78, 5) is 32.5. The van der Waals surface area contributed by atoms with Gasteiger partial charge in [0.05, 0.1) is 12.5 Å². The highest BCUT2D eigenvalue weighted by molar-refractivity contribution is 5.83. The summed E-state index contributed by atoms with van der Waals surface area (Å²) >= 11 is 0. The zero-order valence-corrected chi connectivity index (χ0v) is 9.16. The second-order valence-electron chi connectivity index (χ2n) is 4.02. The Kier molecular flexibility index (Phi) is 4.28. The molecule has 2 unspecified atom stereocenters. The first kappa shape index (κ1) is 12.5. The van der Waals surface area contributed by atoms with Crippen LogP contribution in [0.2, 0.25) is 0 Å². The first-order valence-corrected chi connectivity index (χ1v) is 5.25. The maximum absolute atomic E-state index is 11.3. The molecule has 6 nitrogen and oxygen atoms in total. The maximum Gasteiger partial charge on any atom is 0.306 e. The molecule has 16 heavy (non-hydrogen) atoms. The summed E-state index contributed by atoms with van der Waals surface area (Å²) in [5.74, 6) is -1.69. The van der Waals surface area contributed by atoms with Gasteiger partial charge in [0, 0.05) is 13.0 Å². The maximum atomic E-state index is 11.3. The Morgan fingerprint density at radius 1 is 1.31 bits per heavy atom. The molecule has 0 bridgehead atoms. The average Bonchev–Trinajstić information content (AvgIpc) is 2.63. The monoisotopic (exact) mass is 228 g/mol. The van der Waals surface area contributed by atoms with Gasteiger partial charge < -0.3 is 15.7 Å². The Balaban J connectivity index is 2.26. The van der Waals surface area contributed by atoms with Crippen LogP contribution < -0.4 is 10.6 Å². The van der Waals surface area contributed by atoms with E-state index in [1.54, 1.807) is 0 Å². The third kappa shape index (κ3) is 3.88. The Labute approximate surface area is 93.4 Å². The first-order chi connectivity index (χ1) is 7.49. The summed E-state index contributed by atoms with van der Waals surface area (Å²) in [6, 6.07) is -0.0811. The number of hydrogen-bond donors (Lipinski definition) is 3. The van der Waals surface area contributed by atoms with E-state index < -0.39 is 5.97 Å². The number of aliphatic carboxylic acids is 1. The molecule has 0 aromatic heterocycles. The van der Waals surface area contributed by atoms with Crippen molar-refractivity contribution in [2.75, 3.05) is 6.54 Å². The van der Waals surface area contributed by atoms with Crippen molar-refractivity contribution in [2.45, 2.75) is 32.2 Å². The Morgan fingerprint density at radius 3 is 2.50 bits per heavy atom. The van der Waals surface area contributed by atoms with Crippen molar-refractivity contribution in [1.29, 1.82) is 0 Å². The van der Waals surface area contributed by atoms with Gasteiger partial charge in [-0.2, -0.15) is 0 Å². The molecule has 1 rings (SSSR count). The second kappa shape index (κ2) is 5.48. The lowest BCUT2D eigenvalue weighted by atomic mass is 10.1. The Bertz CT molecular complexity index is 303. The highest BCUT2D eigenvalue weighted by atomic mass is 16.4. The highest BCUT2D eigenvalue weighted by Crippen LogP contribution is 2.25. The molecule has 2 amide bonds. The van der Waals surface area contributed by atoms with Gasteiger partial charge in [0.15, 0.2) is 0 Å². The number of carbonyl (C=O) groups excluding carboxylic acids is 2. The van der Waals surface area contributed by atoms with Crippen molar-refractivity contribution < 1.29 is 19.5 Å². The molecule has 1 aliphatic carbocycles. The predicted octanol–water partition coefficient (Wildman–Crippen LogP) is -0.508. The molecule has 0 aromatic rings. The van der Waals surface area contributed by atoms with Gasteiger partial charge in [-0.05, 0) is 19.3 Å². The molecular weight excluding hydrogens is 212 g/mol. The lowest BCUT2D eigenvalue weighted by Gasteiger charge is -2.12. The number of hydrogen-bond acceptors (Lipinski definition) is 3. The molecule has 0 radical (unpaired) electrons. The molecule has 3 N–H and O–H groups in total. The van der Waals surface area contributed by atoms with E-state index in [0.29, 0.717) is 19.3 Å². The molecule has 1 fully saturated rings. The van der Waals surface area contributed by atoms with Gasteiger partial charge in [-0.25, -0.2) is 0 Å². The number of rotatable bonds is 4. The van der Waals surface area contributed by atoms with Crippen molar-refractivity contribution in [3.05, 3.63) is 0 Å². The van der Waals surface area contributed by atoms with E-state index >= 15 is 0 Å². The molecule has 0 aromatic carbocycles. The number of nitrogens with one attached hydrogen (secondary N) is 2. The van der Waals surface area contributed by atoms with Crippen LogP contribution in [0.25, 0.3) is 0 Å². The average molecular weight is 228 g/mol. The standard InChI is InChI=1S/C10H16N2O4/c1-6(13)11-5-9(14)12-8-3-2-7(4-8)10(15)16/h7-8H,2-5H2,1H3,(H,11,13)(H,12,14)(H,15,16). The molecule has 0 spiro atoms. The van der Waals surface area contributed by atoms with E-state index in [1.165, 1.54) is 6.92 Å². The van der Waals surface area contributed by atoms with Gasteiger partial charge in [0.2, 0.25) is 11.8 Å². The van der Waals surface area contributed by atoms with Crippen molar-refractivity contribution in [2.24, 2.45) is 5.92 Å². The molecule has 0 aliphatic heterocycles. The van der Waals surface area contributed by atoms with Crippen molar-refractivity contribution in [3.63, 3.8) is 0 Å². The van der Waals surface area contributed by atoms with E-state index in [0.717, 1.165) is 0 Å². The number of carboxylic acid groups (broad SMARTS) is 1. The predicted molar refractivity (Wildman–Crippen MR) is 55.6 cm³/mol. The lowest BCUT2D eigenvalue weighted by molar-refractivity contribution is -0.141. The minimum absolute atomic E-state index is 0.0520. The van der Waals surface area contributed by atoms with Crippen LogP contribution in [0.15, 0.2) is 0 Å². The van der Waals surface area contributed by atoms with Gasteiger partial charge in [-0.15, -0.1) is 0 Å². The minimum atomic E-state index is -0.807. The summed E-state index contributed by atoms with van der Waals surface area (Å²) < 4.78 is 0. The van der Waals surface area contributed by atoms with Gasteiger partial charge in [0.25, 0.3) is 0 Å². The molecule has 1 saturated carbocycles. The quantitative estimate of drug-likeness (QED) is 0.604. The topological polar surface area (TPSA) is 95.5 Å². The summed E-state index contributed by atoms with van der Waals surface area (Å²) in [5, 5.41) is 13.9. The Morgan fingerprint density at radius 2 is 2.00 bits per heavy atom. The molecule has 90 valence electrons.